The Morgan fingerprint density at radius 1 is 1.29 bits per heavy atom. The van der Waals surface area contributed by atoms with E-state index in [9.17, 15) is 0 Å². The summed E-state index contributed by atoms with van der Waals surface area (Å²) >= 11 is 0. The number of hydrogen-bond donors (Lipinski definition) is 2. The summed E-state index contributed by atoms with van der Waals surface area (Å²) in [4.78, 5) is 1.93. The maximum Gasteiger partial charge on any atom is 0.233 e. The minimum absolute atomic E-state index is 0.239. The van der Waals surface area contributed by atoms with Crippen molar-refractivity contribution in [2.45, 2.75) is 19.3 Å². The molecule has 92 valence electrons. The molecule has 3 N–H and O–H groups in total. The quantitative estimate of drug-likeness (QED) is 0.353. The topological polar surface area (TPSA) is 61.9 Å². The summed E-state index contributed by atoms with van der Waals surface area (Å²) in [5, 5.41) is 11.7. The van der Waals surface area contributed by atoms with Gasteiger partial charge < -0.3 is 15.8 Å². The van der Waals surface area contributed by atoms with Crippen molar-refractivity contribution in [3.05, 3.63) is 35.9 Å². The molecular formula is C13H19N3O. The maximum atomic E-state index is 8.61. The van der Waals surface area contributed by atoms with Crippen LogP contribution >= 0.6 is 0 Å². The summed E-state index contributed by atoms with van der Waals surface area (Å²) in [5.41, 5.74) is 6.97. The lowest BCUT2D eigenvalue weighted by atomic mass is 9.90. The van der Waals surface area contributed by atoms with Crippen molar-refractivity contribution in [2.75, 3.05) is 13.1 Å². The highest BCUT2D eigenvalue weighted by atomic mass is 16.4. The van der Waals surface area contributed by atoms with Gasteiger partial charge in [-0.3, -0.25) is 0 Å². The van der Waals surface area contributed by atoms with Crippen LogP contribution in [0.15, 0.2) is 35.5 Å². The largest absolute Gasteiger partial charge is 0.408 e. The van der Waals surface area contributed by atoms with Gasteiger partial charge in [-0.05, 0) is 30.7 Å². The second kappa shape index (κ2) is 5.57. The van der Waals surface area contributed by atoms with Crippen LogP contribution < -0.4 is 5.73 Å². The van der Waals surface area contributed by atoms with Crippen LogP contribution in [0.25, 0.3) is 0 Å². The molecule has 1 heterocycles. The van der Waals surface area contributed by atoms with Crippen LogP contribution in [0.2, 0.25) is 0 Å². The Hall–Kier alpha value is -1.71. The molecule has 1 saturated heterocycles. The first kappa shape index (κ1) is 11.8. The number of piperidine rings is 1. The Morgan fingerprint density at radius 3 is 2.53 bits per heavy atom. The van der Waals surface area contributed by atoms with E-state index in [0.29, 0.717) is 5.92 Å². The predicted octanol–water partition coefficient (Wildman–Crippen LogP) is 1.64. The fourth-order valence-electron chi connectivity index (χ4n) is 2.38. The maximum absolute atomic E-state index is 8.61. The van der Waals surface area contributed by atoms with Crippen molar-refractivity contribution < 1.29 is 5.21 Å². The number of oxime groups is 1. The van der Waals surface area contributed by atoms with Crippen molar-refractivity contribution >= 4 is 5.96 Å². The van der Waals surface area contributed by atoms with Crippen LogP contribution in [0.4, 0.5) is 0 Å². The molecule has 0 atom stereocenters. The van der Waals surface area contributed by atoms with Gasteiger partial charge in [-0.2, -0.15) is 0 Å². The average molecular weight is 233 g/mol. The number of nitrogens with two attached hydrogens (primary N) is 1. The van der Waals surface area contributed by atoms with Gasteiger partial charge in [0.1, 0.15) is 0 Å². The van der Waals surface area contributed by atoms with Crippen LogP contribution in [0.1, 0.15) is 18.4 Å². The third kappa shape index (κ3) is 3.12. The molecular weight excluding hydrogens is 214 g/mol. The zero-order valence-corrected chi connectivity index (χ0v) is 9.92. The van der Waals surface area contributed by atoms with Gasteiger partial charge in [-0.15, -0.1) is 0 Å². The van der Waals surface area contributed by atoms with Gasteiger partial charge in [0.15, 0.2) is 0 Å². The molecule has 0 bridgehead atoms. The van der Waals surface area contributed by atoms with E-state index in [0.717, 1.165) is 32.4 Å². The molecule has 4 nitrogen and oxygen atoms in total. The standard InChI is InChI=1S/C13H19N3O/c14-13(15-17)16-8-6-12(7-9-16)10-11-4-2-1-3-5-11/h1-5,12,17H,6-10H2,(H2,14,15). The van der Waals surface area contributed by atoms with E-state index in [1.165, 1.54) is 5.56 Å². The fraction of sp³-hybridized carbons (Fsp3) is 0.462. The lowest BCUT2D eigenvalue weighted by molar-refractivity contribution is 0.245. The van der Waals surface area contributed by atoms with Crippen molar-refractivity contribution in [3.8, 4) is 0 Å². The summed E-state index contributed by atoms with van der Waals surface area (Å²) in [5.74, 6) is 0.948. The zero-order valence-electron chi connectivity index (χ0n) is 9.92. The lowest BCUT2D eigenvalue weighted by Gasteiger charge is -2.32. The van der Waals surface area contributed by atoms with Crippen molar-refractivity contribution in [1.82, 2.24) is 4.90 Å². The predicted molar refractivity (Wildman–Crippen MR) is 67.9 cm³/mol. The summed E-state index contributed by atoms with van der Waals surface area (Å²) in [6.07, 6.45) is 3.33. The van der Waals surface area contributed by atoms with Gasteiger partial charge in [0.25, 0.3) is 0 Å². The van der Waals surface area contributed by atoms with E-state index in [1.807, 2.05) is 11.0 Å². The van der Waals surface area contributed by atoms with E-state index in [4.69, 9.17) is 10.9 Å². The van der Waals surface area contributed by atoms with E-state index < -0.39 is 0 Å². The molecule has 4 heteroatoms. The fourth-order valence-corrected chi connectivity index (χ4v) is 2.38. The van der Waals surface area contributed by atoms with Gasteiger partial charge in [0.05, 0.1) is 0 Å². The molecule has 0 radical (unpaired) electrons. The number of likely N-dealkylation sites (tertiary alicyclic amines) is 1. The van der Waals surface area contributed by atoms with Crippen LogP contribution in [0.5, 0.6) is 0 Å². The van der Waals surface area contributed by atoms with Gasteiger partial charge in [-0.1, -0.05) is 35.5 Å². The summed E-state index contributed by atoms with van der Waals surface area (Å²) in [7, 11) is 0. The highest BCUT2D eigenvalue weighted by Crippen LogP contribution is 2.21. The molecule has 1 fully saturated rings. The minimum Gasteiger partial charge on any atom is -0.408 e. The Balaban J connectivity index is 1.84. The van der Waals surface area contributed by atoms with Gasteiger partial charge in [-0.25, -0.2) is 0 Å². The average Bonchev–Trinajstić information content (AvgIpc) is 2.40. The van der Waals surface area contributed by atoms with E-state index in [2.05, 4.69) is 29.4 Å². The van der Waals surface area contributed by atoms with Gasteiger partial charge in [0, 0.05) is 13.1 Å². The second-order valence-corrected chi connectivity index (χ2v) is 4.58. The van der Waals surface area contributed by atoms with Crippen molar-refractivity contribution in [2.24, 2.45) is 16.8 Å². The lowest BCUT2D eigenvalue weighted by Crippen LogP contribution is -2.43. The normalized spacial score (nSPS) is 18.4. The highest BCUT2D eigenvalue weighted by Gasteiger charge is 2.20. The minimum atomic E-state index is 0.239. The van der Waals surface area contributed by atoms with Crippen LogP contribution in [-0.4, -0.2) is 29.2 Å². The van der Waals surface area contributed by atoms with Crippen LogP contribution in [0.3, 0.4) is 0 Å². The highest BCUT2D eigenvalue weighted by molar-refractivity contribution is 5.77. The number of nitrogens with zero attached hydrogens (tertiary/aromatic N) is 2. The zero-order chi connectivity index (χ0) is 12.1. The summed E-state index contributed by atoms with van der Waals surface area (Å²) < 4.78 is 0. The van der Waals surface area contributed by atoms with E-state index in [1.54, 1.807) is 0 Å². The van der Waals surface area contributed by atoms with Crippen molar-refractivity contribution in [1.29, 1.82) is 0 Å². The third-order valence-corrected chi connectivity index (χ3v) is 3.41. The Labute approximate surface area is 102 Å². The molecule has 17 heavy (non-hydrogen) atoms. The summed E-state index contributed by atoms with van der Waals surface area (Å²) in [6, 6.07) is 10.6. The number of rotatable bonds is 2. The number of hydrogen-bond acceptors (Lipinski definition) is 2. The molecule has 0 unspecified atom stereocenters. The van der Waals surface area contributed by atoms with E-state index in [-0.39, 0.29) is 5.96 Å². The van der Waals surface area contributed by atoms with E-state index >= 15 is 0 Å². The smallest absolute Gasteiger partial charge is 0.233 e. The molecule has 1 aromatic rings. The van der Waals surface area contributed by atoms with Gasteiger partial charge >= 0.3 is 0 Å². The monoisotopic (exact) mass is 233 g/mol. The summed E-state index contributed by atoms with van der Waals surface area (Å²) in [6.45, 7) is 1.76. The van der Waals surface area contributed by atoms with Crippen LogP contribution in [0, 0.1) is 5.92 Å². The Bertz CT molecular complexity index is 370. The molecule has 0 aliphatic carbocycles. The first-order valence-corrected chi connectivity index (χ1v) is 6.06. The molecule has 0 spiro atoms. The first-order valence-electron chi connectivity index (χ1n) is 6.06. The SMILES string of the molecule is N/C(=N\O)N1CCC(Cc2ccccc2)CC1. The van der Waals surface area contributed by atoms with Gasteiger partial charge in [0.2, 0.25) is 5.96 Å². The molecule has 0 aromatic heterocycles. The molecule has 0 saturated carbocycles. The Kier molecular flexibility index (Phi) is 3.85. The molecule has 1 aliphatic heterocycles. The third-order valence-electron chi connectivity index (χ3n) is 3.41. The molecule has 2 rings (SSSR count). The molecule has 1 aliphatic rings. The second-order valence-electron chi connectivity index (χ2n) is 4.58. The number of guanidine groups is 1. The molecule has 1 aromatic carbocycles. The Morgan fingerprint density at radius 2 is 1.94 bits per heavy atom. The number of benzene rings is 1. The van der Waals surface area contributed by atoms with Crippen molar-refractivity contribution in [3.63, 3.8) is 0 Å². The van der Waals surface area contributed by atoms with Crippen LogP contribution in [-0.2, 0) is 6.42 Å². The first-order chi connectivity index (χ1) is 8.29. The molecule has 0 amide bonds.